The van der Waals surface area contributed by atoms with E-state index in [1.165, 1.54) is 0 Å². The molecule has 1 heterocycles. The number of amides is 1. The van der Waals surface area contributed by atoms with Crippen LogP contribution in [0, 0.1) is 5.92 Å². The Morgan fingerprint density at radius 3 is 2.24 bits per heavy atom. The summed E-state index contributed by atoms with van der Waals surface area (Å²) in [6, 6.07) is 15.5. The number of ketones is 1. The molecule has 128 valence electrons. The summed E-state index contributed by atoms with van der Waals surface area (Å²) in [5.41, 5.74) is 1.18. The van der Waals surface area contributed by atoms with Gasteiger partial charge in [-0.2, -0.15) is 0 Å². The fraction of sp³-hybridized carbons (Fsp3) is 0.250. The van der Waals surface area contributed by atoms with Crippen molar-refractivity contribution in [3.63, 3.8) is 0 Å². The van der Waals surface area contributed by atoms with Gasteiger partial charge < -0.3 is 10.0 Å². The molecule has 1 N–H and O–H groups in total. The monoisotopic (exact) mass is 337 g/mol. The molecular formula is C20H19NO4. The Labute approximate surface area is 145 Å². The maximum absolute atomic E-state index is 12.9. The van der Waals surface area contributed by atoms with E-state index in [1.54, 1.807) is 53.4 Å². The van der Waals surface area contributed by atoms with E-state index in [-0.39, 0.29) is 18.2 Å². The average molecular weight is 337 g/mol. The molecule has 0 bridgehead atoms. The smallest absolute Gasteiger partial charge is 0.308 e. The lowest BCUT2D eigenvalue weighted by Gasteiger charge is -2.31. The van der Waals surface area contributed by atoms with Crippen LogP contribution in [-0.4, -0.2) is 40.8 Å². The van der Waals surface area contributed by atoms with Crippen LogP contribution in [0.25, 0.3) is 0 Å². The van der Waals surface area contributed by atoms with Crippen molar-refractivity contribution in [2.45, 2.75) is 12.8 Å². The molecule has 25 heavy (non-hydrogen) atoms. The van der Waals surface area contributed by atoms with Crippen molar-refractivity contribution in [2.75, 3.05) is 13.1 Å². The van der Waals surface area contributed by atoms with E-state index in [9.17, 15) is 19.5 Å². The summed E-state index contributed by atoms with van der Waals surface area (Å²) in [7, 11) is 0. The minimum atomic E-state index is -0.883. The molecule has 0 aliphatic carbocycles. The van der Waals surface area contributed by atoms with E-state index in [2.05, 4.69) is 0 Å². The van der Waals surface area contributed by atoms with E-state index < -0.39 is 11.9 Å². The largest absolute Gasteiger partial charge is 0.481 e. The lowest BCUT2D eigenvalue weighted by Crippen LogP contribution is -2.42. The Bertz CT molecular complexity index is 800. The fourth-order valence-electron chi connectivity index (χ4n) is 3.15. The average Bonchev–Trinajstić information content (AvgIpc) is 2.67. The van der Waals surface area contributed by atoms with Crippen molar-refractivity contribution in [1.29, 1.82) is 0 Å². The van der Waals surface area contributed by atoms with Crippen molar-refractivity contribution in [1.82, 2.24) is 4.90 Å². The molecule has 5 heteroatoms. The van der Waals surface area contributed by atoms with Crippen molar-refractivity contribution in [2.24, 2.45) is 5.92 Å². The molecule has 1 aliphatic heterocycles. The summed E-state index contributed by atoms with van der Waals surface area (Å²) >= 11 is 0. The summed E-state index contributed by atoms with van der Waals surface area (Å²) in [5, 5.41) is 9.21. The number of carbonyl (C=O) groups excluding carboxylic acids is 2. The summed E-state index contributed by atoms with van der Waals surface area (Å²) in [6.45, 7) is 0.693. The first kappa shape index (κ1) is 16.9. The Morgan fingerprint density at radius 2 is 1.56 bits per heavy atom. The molecule has 1 aliphatic rings. The van der Waals surface area contributed by atoms with Gasteiger partial charge in [-0.15, -0.1) is 0 Å². The normalized spacial score (nSPS) is 17.1. The van der Waals surface area contributed by atoms with Crippen LogP contribution in [0.5, 0.6) is 0 Å². The van der Waals surface area contributed by atoms with Gasteiger partial charge in [-0.3, -0.25) is 14.4 Å². The van der Waals surface area contributed by atoms with E-state index in [0.29, 0.717) is 36.1 Å². The first-order valence-corrected chi connectivity index (χ1v) is 8.29. The zero-order valence-electron chi connectivity index (χ0n) is 13.7. The van der Waals surface area contributed by atoms with Gasteiger partial charge in [0.05, 0.1) is 11.5 Å². The van der Waals surface area contributed by atoms with Crippen molar-refractivity contribution in [3.05, 3.63) is 71.3 Å². The van der Waals surface area contributed by atoms with Crippen LogP contribution >= 0.6 is 0 Å². The second-order valence-electron chi connectivity index (χ2n) is 6.17. The molecule has 5 nitrogen and oxygen atoms in total. The maximum atomic E-state index is 12.9. The molecule has 0 aromatic heterocycles. The lowest BCUT2D eigenvalue weighted by molar-refractivity contribution is -0.143. The van der Waals surface area contributed by atoms with E-state index in [1.807, 2.05) is 6.07 Å². The van der Waals surface area contributed by atoms with E-state index in [4.69, 9.17) is 0 Å². The zero-order chi connectivity index (χ0) is 17.8. The standard InChI is InChI=1S/C20H19NO4/c22-18(14-7-2-1-3-8-14)16-10-4-5-11-17(16)19(23)21-12-6-9-15(13-21)20(24)25/h1-5,7-8,10-11,15H,6,9,12-13H2,(H,24,25)/t15-/m0/s1. The van der Waals surface area contributed by atoms with Crippen molar-refractivity contribution < 1.29 is 19.5 Å². The molecule has 2 aromatic rings. The van der Waals surface area contributed by atoms with Gasteiger partial charge in [0.1, 0.15) is 0 Å². The number of rotatable bonds is 4. The minimum absolute atomic E-state index is 0.183. The van der Waals surface area contributed by atoms with Crippen LogP contribution in [-0.2, 0) is 4.79 Å². The molecule has 0 radical (unpaired) electrons. The summed E-state index contributed by atoms with van der Waals surface area (Å²) < 4.78 is 0. The molecule has 2 aromatic carbocycles. The van der Waals surface area contributed by atoms with Crippen LogP contribution in [0.15, 0.2) is 54.6 Å². The molecular weight excluding hydrogens is 318 g/mol. The number of likely N-dealkylation sites (tertiary alicyclic amines) is 1. The van der Waals surface area contributed by atoms with Gasteiger partial charge in [0.25, 0.3) is 5.91 Å². The van der Waals surface area contributed by atoms with Gasteiger partial charge in [-0.1, -0.05) is 48.5 Å². The molecule has 3 rings (SSSR count). The first-order chi connectivity index (χ1) is 12.1. The lowest BCUT2D eigenvalue weighted by atomic mass is 9.95. The number of hydrogen-bond donors (Lipinski definition) is 1. The highest BCUT2D eigenvalue weighted by molar-refractivity contribution is 6.15. The van der Waals surface area contributed by atoms with Gasteiger partial charge in [0.2, 0.25) is 0 Å². The summed E-state index contributed by atoms with van der Waals surface area (Å²) in [5.74, 6) is -1.93. The third kappa shape index (κ3) is 3.60. The van der Waals surface area contributed by atoms with Crippen LogP contribution in [0.1, 0.15) is 39.1 Å². The Balaban J connectivity index is 1.89. The third-order valence-electron chi connectivity index (χ3n) is 4.50. The van der Waals surface area contributed by atoms with Crippen molar-refractivity contribution >= 4 is 17.7 Å². The summed E-state index contributed by atoms with van der Waals surface area (Å²) in [4.78, 5) is 38.4. The molecule has 1 amide bonds. The molecule has 0 spiro atoms. The quantitative estimate of drug-likeness (QED) is 0.871. The fourth-order valence-corrected chi connectivity index (χ4v) is 3.15. The molecule has 0 unspecified atom stereocenters. The SMILES string of the molecule is O=C(c1ccccc1)c1ccccc1C(=O)N1CCC[C@H](C(=O)O)C1. The first-order valence-electron chi connectivity index (χ1n) is 8.29. The Hall–Kier alpha value is -2.95. The van der Waals surface area contributed by atoms with Gasteiger partial charge in [0.15, 0.2) is 5.78 Å². The van der Waals surface area contributed by atoms with Crippen LogP contribution in [0.3, 0.4) is 0 Å². The zero-order valence-corrected chi connectivity index (χ0v) is 13.7. The van der Waals surface area contributed by atoms with E-state index >= 15 is 0 Å². The molecule has 1 saturated heterocycles. The van der Waals surface area contributed by atoms with Gasteiger partial charge in [0, 0.05) is 24.2 Å². The third-order valence-corrected chi connectivity index (χ3v) is 4.50. The van der Waals surface area contributed by atoms with Crippen LogP contribution in [0.4, 0.5) is 0 Å². The molecule has 1 fully saturated rings. The number of hydrogen-bond acceptors (Lipinski definition) is 3. The number of piperidine rings is 1. The number of carbonyl (C=O) groups is 3. The van der Waals surface area contributed by atoms with Crippen LogP contribution in [0.2, 0.25) is 0 Å². The number of nitrogens with zero attached hydrogens (tertiary/aromatic N) is 1. The van der Waals surface area contributed by atoms with E-state index in [0.717, 1.165) is 0 Å². The highest BCUT2D eigenvalue weighted by Crippen LogP contribution is 2.22. The number of aliphatic carboxylic acids is 1. The van der Waals surface area contributed by atoms with Gasteiger partial charge in [-0.05, 0) is 18.9 Å². The second kappa shape index (κ2) is 7.30. The predicted molar refractivity (Wildman–Crippen MR) is 92.6 cm³/mol. The molecule has 1 atom stereocenters. The number of carboxylic acids is 1. The maximum Gasteiger partial charge on any atom is 0.308 e. The highest BCUT2D eigenvalue weighted by Gasteiger charge is 2.30. The Morgan fingerprint density at radius 1 is 0.920 bits per heavy atom. The minimum Gasteiger partial charge on any atom is -0.481 e. The second-order valence-corrected chi connectivity index (χ2v) is 6.17. The van der Waals surface area contributed by atoms with Crippen LogP contribution < -0.4 is 0 Å². The number of benzene rings is 2. The van der Waals surface area contributed by atoms with Gasteiger partial charge in [-0.25, -0.2) is 0 Å². The van der Waals surface area contributed by atoms with Crippen molar-refractivity contribution in [3.8, 4) is 0 Å². The number of carboxylic acid groups (broad SMARTS) is 1. The highest BCUT2D eigenvalue weighted by atomic mass is 16.4. The molecule has 0 saturated carbocycles. The summed E-state index contributed by atoms with van der Waals surface area (Å²) in [6.07, 6.45) is 1.22. The Kier molecular flexibility index (Phi) is 4.93. The predicted octanol–water partition coefficient (Wildman–Crippen LogP) is 2.85. The topological polar surface area (TPSA) is 74.7 Å². The van der Waals surface area contributed by atoms with Gasteiger partial charge >= 0.3 is 5.97 Å².